The number of piperidine rings is 1. The SMILES string of the molecule is CC(C)(C)N1CC(NC2CCNCC2)=C(c2ccccc2)S1. The molecule has 3 rings (SSSR count). The highest BCUT2D eigenvalue weighted by Gasteiger charge is 2.32. The van der Waals surface area contributed by atoms with Gasteiger partial charge >= 0.3 is 0 Å². The fourth-order valence-corrected chi connectivity index (χ4v) is 4.09. The summed E-state index contributed by atoms with van der Waals surface area (Å²) in [7, 11) is 0. The fourth-order valence-electron chi connectivity index (χ4n) is 2.93. The number of hydrogen-bond donors (Lipinski definition) is 2. The molecule has 0 saturated carbocycles. The summed E-state index contributed by atoms with van der Waals surface area (Å²) in [5.41, 5.74) is 2.90. The van der Waals surface area contributed by atoms with Gasteiger partial charge in [-0.1, -0.05) is 30.3 Å². The molecule has 2 heterocycles. The van der Waals surface area contributed by atoms with Gasteiger partial charge in [-0.15, -0.1) is 0 Å². The number of hydrogen-bond acceptors (Lipinski definition) is 4. The predicted octanol–water partition coefficient (Wildman–Crippen LogP) is 3.46. The third-order valence-electron chi connectivity index (χ3n) is 4.28. The topological polar surface area (TPSA) is 27.3 Å². The summed E-state index contributed by atoms with van der Waals surface area (Å²) in [5, 5.41) is 7.29. The molecule has 1 fully saturated rings. The fraction of sp³-hybridized carbons (Fsp3) is 0.556. The standard InChI is InChI=1S/C18H27N3S/c1-18(2,3)21-13-16(20-15-9-11-19-12-10-15)17(22-21)14-7-5-4-6-8-14/h4-8,15,19-20H,9-13H2,1-3H3. The lowest BCUT2D eigenvalue weighted by Gasteiger charge is -2.31. The first-order chi connectivity index (χ1) is 10.5. The van der Waals surface area contributed by atoms with Crippen LogP contribution in [-0.4, -0.2) is 35.5 Å². The summed E-state index contributed by atoms with van der Waals surface area (Å²) >= 11 is 1.90. The third kappa shape index (κ3) is 3.67. The zero-order valence-electron chi connectivity index (χ0n) is 13.9. The van der Waals surface area contributed by atoms with Gasteiger partial charge in [-0.05, 0) is 64.2 Å². The molecule has 1 aromatic rings. The molecule has 2 aliphatic heterocycles. The van der Waals surface area contributed by atoms with Gasteiger partial charge in [0.2, 0.25) is 0 Å². The Hall–Kier alpha value is -0.970. The second kappa shape index (κ2) is 6.65. The summed E-state index contributed by atoms with van der Waals surface area (Å²) in [4.78, 5) is 1.40. The Morgan fingerprint density at radius 3 is 2.45 bits per heavy atom. The quantitative estimate of drug-likeness (QED) is 0.835. The van der Waals surface area contributed by atoms with Gasteiger partial charge in [0.25, 0.3) is 0 Å². The number of nitrogens with one attached hydrogen (secondary N) is 2. The number of nitrogens with zero attached hydrogens (tertiary/aromatic N) is 1. The first kappa shape index (κ1) is 15.9. The average Bonchev–Trinajstić information content (AvgIpc) is 2.93. The van der Waals surface area contributed by atoms with Crippen LogP contribution in [0, 0.1) is 0 Å². The maximum Gasteiger partial charge on any atom is 0.0510 e. The molecule has 0 unspecified atom stereocenters. The first-order valence-electron chi connectivity index (χ1n) is 8.25. The van der Waals surface area contributed by atoms with Gasteiger partial charge < -0.3 is 10.6 Å². The van der Waals surface area contributed by atoms with E-state index in [4.69, 9.17) is 0 Å². The van der Waals surface area contributed by atoms with Crippen LogP contribution in [0.3, 0.4) is 0 Å². The van der Waals surface area contributed by atoms with Crippen LogP contribution in [0.4, 0.5) is 0 Å². The molecule has 0 spiro atoms. The molecule has 0 radical (unpaired) electrons. The Kier molecular flexibility index (Phi) is 4.81. The van der Waals surface area contributed by atoms with Gasteiger partial charge in [0.15, 0.2) is 0 Å². The zero-order chi connectivity index (χ0) is 15.6. The van der Waals surface area contributed by atoms with Crippen molar-refractivity contribution in [2.45, 2.75) is 45.2 Å². The van der Waals surface area contributed by atoms with E-state index >= 15 is 0 Å². The smallest absolute Gasteiger partial charge is 0.0510 e. The number of benzene rings is 1. The van der Waals surface area contributed by atoms with Crippen LogP contribution in [0.2, 0.25) is 0 Å². The molecule has 4 heteroatoms. The van der Waals surface area contributed by atoms with Crippen LogP contribution >= 0.6 is 11.9 Å². The van der Waals surface area contributed by atoms with Gasteiger partial charge in [-0.3, -0.25) is 0 Å². The van der Waals surface area contributed by atoms with E-state index in [9.17, 15) is 0 Å². The van der Waals surface area contributed by atoms with Crippen molar-refractivity contribution in [3.05, 3.63) is 41.6 Å². The van der Waals surface area contributed by atoms with Gasteiger partial charge in [0.1, 0.15) is 0 Å². The van der Waals surface area contributed by atoms with E-state index in [2.05, 4.69) is 66.0 Å². The molecule has 2 aliphatic rings. The van der Waals surface area contributed by atoms with Crippen molar-refractivity contribution in [2.75, 3.05) is 19.6 Å². The van der Waals surface area contributed by atoms with Crippen LogP contribution in [0.15, 0.2) is 36.0 Å². The summed E-state index contributed by atoms with van der Waals surface area (Å²) in [6.45, 7) is 10.1. The lowest BCUT2D eigenvalue weighted by molar-refractivity contribution is 0.289. The van der Waals surface area contributed by atoms with Gasteiger partial charge in [0.05, 0.1) is 11.4 Å². The van der Waals surface area contributed by atoms with Crippen molar-refractivity contribution in [2.24, 2.45) is 0 Å². The van der Waals surface area contributed by atoms with Crippen LogP contribution in [0.1, 0.15) is 39.2 Å². The Bertz CT molecular complexity index is 527. The maximum absolute atomic E-state index is 3.85. The van der Waals surface area contributed by atoms with E-state index in [0.29, 0.717) is 6.04 Å². The van der Waals surface area contributed by atoms with E-state index in [-0.39, 0.29) is 5.54 Å². The van der Waals surface area contributed by atoms with Crippen LogP contribution in [0.5, 0.6) is 0 Å². The highest BCUT2D eigenvalue weighted by atomic mass is 32.2. The molecule has 0 amide bonds. The van der Waals surface area contributed by atoms with Crippen LogP contribution < -0.4 is 10.6 Å². The van der Waals surface area contributed by atoms with Crippen molar-refractivity contribution in [1.82, 2.24) is 14.9 Å². The molecule has 2 N–H and O–H groups in total. The van der Waals surface area contributed by atoms with Gasteiger partial charge in [-0.25, -0.2) is 4.31 Å². The largest absolute Gasteiger partial charge is 0.383 e. The molecular weight excluding hydrogens is 290 g/mol. The Balaban J connectivity index is 1.82. The van der Waals surface area contributed by atoms with Crippen molar-refractivity contribution in [3.8, 4) is 0 Å². The summed E-state index contributed by atoms with van der Waals surface area (Å²) in [5.74, 6) is 0. The van der Waals surface area contributed by atoms with Crippen molar-refractivity contribution in [1.29, 1.82) is 0 Å². The Morgan fingerprint density at radius 1 is 1.14 bits per heavy atom. The second-order valence-electron chi connectivity index (χ2n) is 7.14. The van der Waals surface area contributed by atoms with Gasteiger partial charge in [-0.2, -0.15) is 0 Å². The van der Waals surface area contributed by atoms with E-state index in [1.807, 2.05) is 11.9 Å². The van der Waals surface area contributed by atoms with E-state index in [1.54, 1.807) is 0 Å². The molecular formula is C18H27N3S. The minimum absolute atomic E-state index is 0.169. The highest BCUT2D eigenvalue weighted by molar-refractivity contribution is 8.06. The van der Waals surface area contributed by atoms with Crippen molar-refractivity contribution < 1.29 is 0 Å². The molecule has 0 aromatic heterocycles. The second-order valence-corrected chi connectivity index (χ2v) is 8.17. The lowest BCUT2D eigenvalue weighted by Crippen LogP contribution is -2.42. The molecule has 1 aromatic carbocycles. The minimum atomic E-state index is 0.169. The van der Waals surface area contributed by atoms with Crippen molar-refractivity contribution in [3.63, 3.8) is 0 Å². The molecule has 0 atom stereocenters. The molecule has 22 heavy (non-hydrogen) atoms. The van der Waals surface area contributed by atoms with Crippen molar-refractivity contribution >= 4 is 16.9 Å². The first-order valence-corrected chi connectivity index (χ1v) is 9.03. The molecule has 0 bridgehead atoms. The number of rotatable bonds is 3. The summed E-state index contributed by atoms with van der Waals surface area (Å²) < 4.78 is 2.48. The lowest BCUT2D eigenvalue weighted by atomic mass is 10.1. The Morgan fingerprint density at radius 2 is 1.82 bits per heavy atom. The molecule has 3 nitrogen and oxygen atoms in total. The summed E-state index contributed by atoms with van der Waals surface area (Å²) in [6, 6.07) is 11.4. The van der Waals surface area contributed by atoms with E-state index < -0.39 is 0 Å². The summed E-state index contributed by atoms with van der Waals surface area (Å²) in [6.07, 6.45) is 2.43. The predicted molar refractivity (Wildman–Crippen MR) is 96.4 cm³/mol. The molecule has 1 saturated heterocycles. The molecule has 0 aliphatic carbocycles. The van der Waals surface area contributed by atoms with Gasteiger partial charge in [0, 0.05) is 17.3 Å². The maximum atomic E-state index is 3.85. The molecule has 120 valence electrons. The normalized spacial score (nSPS) is 21.4. The van der Waals surface area contributed by atoms with E-state index in [0.717, 1.165) is 19.6 Å². The van der Waals surface area contributed by atoms with Crippen LogP contribution in [0.25, 0.3) is 4.91 Å². The minimum Gasteiger partial charge on any atom is -0.383 e. The van der Waals surface area contributed by atoms with Crippen LogP contribution in [-0.2, 0) is 0 Å². The monoisotopic (exact) mass is 317 g/mol. The van der Waals surface area contributed by atoms with E-state index in [1.165, 1.54) is 29.0 Å². The Labute approximate surface area is 138 Å². The zero-order valence-corrected chi connectivity index (χ0v) is 14.7. The average molecular weight is 318 g/mol. The highest BCUT2D eigenvalue weighted by Crippen LogP contribution is 2.43. The third-order valence-corrected chi connectivity index (χ3v) is 5.84.